The first kappa shape index (κ1) is 46.7. The Kier molecular flexibility index (Phi) is 15.7. The van der Waals surface area contributed by atoms with Crippen LogP contribution in [0.15, 0.2) is 36.4 Å². The molecular formula is C34H38F8IN5O7. The van der Waals surface area contributed by atoms with Crippen molar-refractivity contribution in [3.63, 3.8) is 0 Å². The first-order chi connectivity index (χ1) is 25.2. The Morgan fingerprint density at radius 1 is 0.873 bits per heavy atom. The normalized spacial score (nSPS) is 14.5. The number of carbonyl (C=O) groups is 4. The number of aliphatic hydroxyl groups excluding tert-OH is 1. The van der Waals surface area contributed by atoms with Gasteiger partial charge in [-0.2, -0.15) is 26.3 Å². The smallest absolute Gasteiger partial charge is 0.407 e. The van der Waals surface area contributed by atoms with E-state index < -0.39 is 102 Å². The van der Waals surface area contributed by atoms with Crippen LogP contribution in [0.25, 0.3) is 0 Å². The lowest BCUT2D eigenvalue weighted by Gasteiger charge is -2.38. The first-order valence-corrected chi connectivity index (χ1v) is 16.9. The quantitative estimate of drug-likeness (QED) is 0.0628. The van der Waals surface area contributed by atoms with Crippen LogP contribution in [-0.2, 0) is 27.3 Å². The van der Waals surface area contributed by atoms with Crippen molar-refractivity contribution in [2.45, 2.75) is 77.2 Å². The van der Waals surface area contributed by atoms with Gasteiger partial charge in [0, 0.05) is 27.8 Å². The van der Waals surface area contributed by atoms with Crippen LogP contribution in [0.3, 0.4) is 0 Å². The van der Waals surface area contributed by atoms with E-state index in [2.05, 4.69) is 10.1 Å². The van der Waals surface area contributed by atoms with Crippen molar-refractivity contribution in [2.75, 3.05) is 13.7 Å². The van der Waals surface area contributed by atoms with Crippen molar-refractivity contribution in [2.24, 2.45) is 10.8 Å². The van der Waals surface area contributed by atoms with Gasteiger partial charge in [0.15, 0.2) is 0 Å². The molecule has 4 atom stereocenters. The third-order valence-electron chi connectivity index (χ3n) is 8.64. The molecule has 0 aliphatic heterocycles. The van der Waals surface area contributed by atoms with Crippen molar-refractivity contribution in [3.05, 3.63) is 68.3 Å². The van der Waals surface area contributed by atoms with Gasteiger partial charge in [0.25, 0.3) is 5.91 Å². The molecule has 0 spiro atoms. The van der Waals surface area contributed by atoms with Gasteiger partial charge in [0.05, 0.1) is 30.1 Å². The van der Waals surface area contributed by atoms with Crippen LogP contribution in [0.5, 0.6) is 0 Å². The number of nitrogens with one attached hydrogen (secondary N) is 4. The third-order valence-corrected chi connectivity index (χ3v) is 9.36. The number of rotatable bonds is 15. The van der Waals surface area contributed by atoms with Crippen molar-refractivity contribution in [3.8, 4) is 12.3 Å². The number of ether oxygens (including phenoxy) is 1. The predicted octanol–water partition coefficient (Wildman–Crippen LogP) is 5.01. The maximum absolute atomic E-state index is 15.1. The summed E-state index contributed by atoms with van der Waals surface area (Å²) in [7, 11) is 0.799. The molecule has 12 nitrogen and oxygen atoms in total. The molecule has 0 aromatic heterocycles. The van der Waals surface area contributed by atoms with E-state index >= 15 is 8.78 Å². The highest BCUT2D eigenvalue weighted by Crippen LogP contribution is 2.41. The van der Waals surface area contributed by atoms with Gasteiger partial charge in [-0.05, 0) is 86.5 Å². The highest BCUT2D eigenvalue weighted by atomic mass is 127. The lowest BCUT2D eigenvalue weighted by Crippen LogP contribution is -2.63. The monoisotopic (exact) mass is 907 g/mol. The summed E-state index contributed by atoms with van der Waals surface area (Å²) < 4.78 is 120. The van der Waals surface area contributed by atoms with Gasteiger partial charge < -0.3 is 30.9 Å². The average molecular weight is 908 g/mol. The van der Waals surface area contributed by atoms with Crippen LogP contribution in [0.4, 0.5) is 44.7 Å². The maximum Gasteiger partial charge on any atom is 0.407 e. The van der Waals surface area contributed by atoms with Gasteiger partial charge in [-0.15, -0.1) is 6.42 Å². The average Bonchev–Trinajstić information content (AvgIpc) is 3.06. The van der Waals surface area contributed by atoms with Gasteiger partial charge in [0.2, 0.25) is 5.91 Å². The fourth-order valence-electron chi connectivity index (χ4n) is 4.95. The Balaban J connectivity index is 2.69. The Morgan fingerprint density at radius 3 is 1.80 bits per heavy atom. The van der Waals surface area contributed by atoms with E-state index in [4.69, 9.17) is 6.42 Å². The molecule has 304 valence electrons. The Hall–Kier alpha value is -4.43. The first-order valence-electron chi connectivity index (χ1n) is 15.9. The molecule has 0 heterocycles. The van der Waals surface area contributed by atoms with Crippen molar-refractivity contribution in [1.82, 2.24) is 26.4 Å². The minimum Gasteiger partial charge on any atom is -0.465 e. The number of terminal acetylenes is 1. The highest BCUT2D eigenvalue weighted by Gasteiger charge is 2.57. The van der Waals surface area contributed by atoms with Gasteiger partial charge in [-0.1, -0.05) is 18.1 Å². The summed E-state index contributed by atoms with van der Waals surface area (Å²) in [6.45, 7) is 0.155. The second kappa shape index (κ2) is 18.5. The van der Waals surface area contributed by atoms with E-state index in [1.807, 2.05) is 33.9 Å². The summed E-state index contributed by atoms with van der Waals surface area (Å²) >= 11 is 1.96. The molecule has 0 radical (unpaired) electrons. The zero-order valence-electron chi connectivity index (χ0n) is 29.8. The minimum absolute atomic E-state index is 0.254. The number of alkyl halides is 6. The number of hydrazine groups is 1. The summed E-state index contributed by atoms with van der Waals surface area (Å²) in [5, 5.41) is 26.8. The van der Waals surface area contributed by atoms with Crippen LogP contribution in [0.1, 0.15) is 44.4 Å². The molecule has 0 bridgehead atoms. The molecule has 0 aliphatic rings. The molecule has 2 aromatic carbocycles. The number of aliphatic hydroxyl groups is 1. The summed E-state index contributed by atoms with van der Waals surface area (Å²) in [6, 6.07) is 1.02. The summed E-state index contributed by atoms with van der Waals surface area (Å²) in [5.74, 6) is -3.76. The van der Waals surface area contributed by atoms with Gasteiger partial charge in [-0.3, -0.25) is 15.0 Å². The molecule has 0 fully saturated rings. The van der Waals surface area contributed by atoms with Crippen molar-refractivity contribution >= 4 is 46.6 Å². The summed E-state index contributed by atoms with van der Waals surface area (Å²) in [5.41, 5.74) is -4.78. The van der Waals surface area contributed by atoms with E-state index in [0.29, 0.717) is 38.3 Å². The Labute approximate surface area is 323 Å². The van der Waals surface area contributed by atoms with Crippen molar-refractivity contribution in [1.29, 1.82) is 0 Å². The molecule has 0 saturated heterocycles. The van der Waals surface area contributed by atoms with E-state index in [0.717, 1.165) is 22.8 Å². The predicted molar refractivity (Wildman–Crippen MR) is 188 cm³/mol. The molecule has 2 rings (SSSR count). The van der Waals surface area contributed by atoms with Crippen molar-refractivity contribution < 1.29 is 69.3 Å². The zero-order valence-corrected chi connectivity index (χ0v) is 31.9. The highest BCUT2D eigenvalue weighted by molar-refractivity contribution is 14.1. The number of hydrogen-bond acceptors (Lipinski definition) is 7. The topological polar surface area (TPSA) is 169 Å². The molecular weight excluding hydrogens is 869 g/mol. The van der Waals surface area contributed by atoms with Gasteiger partial charge in [0.1, 0.15) is 23.7 Å². The molecule has 2 aromatic rings. The zero-order chi connectivity index (χ0) is 42.3. The molecule has 0 aliphatic carbocycles. The lowest BCUT2D eigenvalue weighted by atomic mass is 9.82. The fourth-order valence-corrected chi connectivity index (χ4v) is 5.31. The van der Waals surface area contributed by atoms with Crippen LogP contribution >= 0.6 is 22.6 Å². The molecule has 55 heavy (non-hydrogen) atoms. The number of methoxy groups -OCH3 is 1. The summed E-state index contributed by atoms with van der Waals surface area (Å²) in [6.07, 6.45) is -11.0. The SMILES string of the molecule is C#Cc1cc(F)c(CN(C[C@H](O)[C@H](Cc2ccc(I)cc2)NC(=O)[C@@H](NC(=O)O)C(C)(C)C(F)(F)F)NC(=O)[C@@H](NC(=O)OC)C(C)(C)C(F)(F)F)c(F)c1. The van der Waals surface area contributed by atoms with E-state index in [1.165, 1.54) is 17.4 Å². The number of benzene rings is 2. The number of hydrogen-bond donors (Lipinski definition) is 6. The fraction of sp³-hybridized carbons (Fsp3) is 0.471. The molecule has 6 N–H and O–H groups in total. The number of carbonyl (C=O) groups excluding carboxylic acids is 3. The van der Waals surface area contributed by atoms with Crippen LogP contribution < -0.4 is 21.4 Å². The number of halogens is 9. The standard InChI is InChI=1S/C34H38F8IN5O7/c1-7-17-12-21(35)20(22(36)13-17)15-48(47-28(51)26(46-30(54)55-6)32(4,5)34(40,41)42)16-24(49)23(14-18-8-10-19(43)11-9-18)44-27(50)25(45-29(52)53)31(2,3)33(37,38)39/h1,8-13,23-26,45,49H,14-16H2,2-6H3,(H,44,50)(H,46,54)(H,47,51)(H,52,53)/t23-,24-,25+,26+/m0/s1. The maximum atomic E-state index is 15.1. The second-order valence-electron chi connectivity index (χ2n) is 13.3. The van der Waals surface area contributed by atoms with Crippen LogP contribution in [-0.4, -0.2) is 89.5 Å². The number of carboxylic acid groups (broad SMARTS) is 1. The van der Waals surface area contributed by atoms with Gasteiger partial charge in [-0.25, -0.2) is 23.4 Å². The Bertz CT molecular complexity index is 1730. The van der Waals surface area contributed by atoms with E-state index in [-0.39, 0.29) is 12.0 Å². The molecule has 4 amide bonds. The van der Waals surface area contributed by atoms with Crippen LogP contribution in [0.2, 0.25) is 0 Å². The minimum atomic E-state index is -5.16. The second-order valence-corrected chi connectivity index (χ2v) is 14.6. The van der Waals surface area contributed by atoms with E-state index in [1.54, 1.807) is 17.4 Å². The van der Waals surface area contributed by atoms with Gasteiger partial charge >= 0.3 is 24.5 Å². The summed E-state index contributed by atoms with van der Waals surface area (Å²) in [4.78, 5) is 50.5. The number of amides is 4. The van der Waals surface area contributed by atoms with E-state index in [9.17, 15) is 55.7 Å². The largest absolute Gasteiger partial charge is 0.465 e. The number of alkyl carbamates (subject to hydrolysis) is 1. The third kappa shape index (κ3) is 12.3. The Morgan fingerprint density at radius 2 is 1.36 bits per heavy atom. The molecule has 0 unspecified atom stereocenters. The molecule has 0 saturated carbocycles. The lowest BCUT2D eigenvalue weighted by molar-refractivity contribution is -0.221. The van der Waals surface area contributed by atoms with Crippen LogP contribution in [0, 0.1) is 38.4 Å². The molecule has 21 heteroatoms. The number of nitrogens with zero attached hydrogens (tertiary/aromatic N) is 1.